The largest absolute Gasteiger partial charge is 0.493 e. The Morgan fingerprint density at radius 3 is 2.07 bits per heavy atom. The predicted molar refractivity (Wildman–Crippen MR) is 105 cm³/mol. The number of hydrogen-bond donors (Lipinski definition) is 1. The molecule has 136 valence electrons. The van der Waals surface area contributed by atoms with E-state index in [9.17, 15) is 4.79 Å². The minimum atomic E-state index is -0.297. The van der Waals surface area contributed by atoms with Crippen molar-refractivity contribution in [3.8, 4) is 22.6 Å². The monoisotopic (exact) mass is 359 g/mol. The molecule has 0 saturated heterocycles. The number of carbonyl (C=O) groups excluding carboxylic acids is 1. The highest BCUT2D eigenvalue weighted by Gasteiger charge is 2.33. The van der Waals surface area contributed by atoms with Crippen molar-refractivity contribution in [2.24, 2.45) is 0 Å². The van der Waals surface area contributed by atoms with Gasteiger partial charge in [0.2, 0.25) is 5.91 Å². The highest BCUT2D eigenvalue weighted by atomic mass is 16.5. The van der Waals surface area contributed by atoms with Crippen molar-refractivity contribution >= 4 is 5.91 Å². The minimum absolute atomic E-state index is 0.0164. The van der Waals surface area contributed by atoms with E-state index in [1.807, 2.05) is 54.6 Å². The highest BCUT2D eigenvalue weighted by molar-refractivity contribution is 5.96. The molecule has 4 heteroatoms. The van der Waals surface area contributed by atoms with Gasteiger partial charge in [0.25, 0.3) is 0 Å². The van der Waals surface area contributed by atoms with Gasteiger partial charge < -0.3 is 14.8 Å². The Morgan fingerprint density at radius 1 is 0.852 bits per heavy atom. The second-order valence-corrected chi connectivity index (χ2v) is 6.48. The van der Waals surface area contributed by atoms with E-state index in [-0.39, 0.29) is 11.8 Å². The van der Waals surface area contributed by atoms with Crippen molar-refractivity contribution in [1.29, 1.82) is 0 Å². The maximum Gasteiger partial charge on any atom is 0.232 e. The number of benzene rings is 3. The smallest absolute Gasteiger partial charge is 0.232 e. The first-order valence-electron chi connectivity index (χ1n) is 8.90. The summed E-state index contributed by atoms with van der Waals surface area (Å²) < 4.78 is 10.8. The van der Waals surface area contributed by atoms with E-state index >= 15 is 0 Å². The standard InChI is InChI=1S/C23H21NO3/c1-26-20-13-7-8-15(22(20)27-2)14-24-23(25)21-18-11-5-3-9-16(18)17-10-4-6-12-19(17)21/h3-13,21H,14H2,1-2H3,(H,24,25). The van der Waals surface area contributed by atoms with Crippen molar-refractivity contribution in [2.45, 2.75) is 12.5 Å². The summed E-state index contributed by atoms with van der Waals surface area (Å²) in [7, 11) is 3.21. The first-order chi connectivity index (χ1) is 13.2. The van der Waals surface area contributed by atoms with E-state index < -0.39 is 0 Å². The quantitative estimate of drug-likeness (QED) is 0.745. The molecule has 0 aromatic heterocycles. The Balaban J connectivity index is 1.62. The van der Waals surface area contributed by atoms with E-state index in [1.165, 1.54) is 0 Å². The van der Waals surface area contributed by atoms with Gasteiger partial charge >= 0.3 is 0 Å². The van der Waals surface area contributed by atoms with Crippen LogP contribution in [0.5, 0.6) is 11.5 Å². The topological polar surface area (TPSA) is 47.6 Å². The van der Waals surface area contributed by atoms with Crippen molar-refractivity contribution < 1.29 is 14.3 Å². The summed E-state index contributed by atoms with van der Waals surface area (Å²) in [5.41, 5.74) is 5.24. The molecule has 0 saturated carbocycles. The van der Waals surface area contributed by atoms with Crippen LogP contribution in [-0.2, 0) is 11.3 Å². The zero-order chi connectivity index (χ0) is 18.8. The fraction of sp³-hybridized carbons (Fsp3) is 0.174. The molecule has 0 aliphatic heterocycles. The van der Waals surface area contributed by atoms with Gasteiger partial charge in [-0.15, -0.1) is 0 Å². The SMILES string of the molecule is COc1cccc(CNC(=O)C2c3ccccc3-c3ccccc32)c1OC. The molecule has 27 heavy (non-hydrogen) atoms. The van der Waals surface area contributed by atoms with Gasteiger partial charge in [0.1, 0.15) is 0 Å². The van der Waals surface area contributed by atoms with Crippen LogP contribution in [0.25, 0.3) is 11.1 Å². The molecular weight excluding hydrogens is 338 g/mol. The molecule has 4 nitrogen and oxygen atoms in total. The molecule has 0 radical (unpaired) electrons. The van der Waals surface area contributed by atoms with Crippen molar-refractivity contribution in [2.75, 3.05) is 14.2 Å². The Bertz CT molecular complexity index is 951. The van der Waals surface area contributed by atoms with E-state index in [0.29, 0.717) is 18.0 Å². The molecule has 1 aliphatic carbocycles. The molecule has 3 aromatic carbocycles. The van der Waals surface area contributed by atoms with E-state index in [4.69, 9.17) is 9.47 Å². The van der Waals surface area contributed by atoms with Crippen molar-refractivity contribution in [3.05, 3.63) is 83.4 Å². The van der Waals surface area contributed by atoms with Gasteiger partial charge in [-0.2, -0.15) is 0 Å². The minimum Gasteiger partial charge on any atom is -0.493 e. The summed E-state index contributed by atoms with van der Waals surface area (Å²) in [5.74, 6) is 0.986. The molecule has 0 atom stereocenters. The molecule has 0 heterocycles. The second-order valence-electron chi connectivity index (χ2n) is 6.48. The first-order valence-corrected chi connectivity index (χ1v) is 8.90. The number of para-hydroxylation sites is 1. The van der Waals surface area contributed by atoms with E-state index in [2.05, 4.69) is 17.4 Å². The maximum absolute atomic E-state index is 13.1. The number of nitrogens with one attached hydrogen (secondary N) is 1. The van der Waals surface area contributed by atoms with Crippen LogP contribution in [0.1, 0.15) is 22.6 Å². The predicted octanol–water partition coefficient (Wildman–Crippen LogP) is 4.13. The van der Waals surface area contributed by atoms with Crippen LogP contribution in [-0.4, -0.2) is 20.1 Å². The van der Waals surface area contributed by atoms with Crippen LogP contribution >= 0.6 is 0 Å². The molecule has 0 bridgehead atoms. The van der Waals surface area contributed by atoms with Crippen LogP contribution in [0.15, 0.2) is 66.7 Å². The third-order valence-corrected chi connectivity index (χ3v) is 5.03. The van der Waals surface area contributed by atoms with Gasteiger partial charge in [0.05, 0.1) is 20.1 Å². The molecule has 0 unspecified atom stereocenters. The maximum atomic E-state index is 13.1. The van der Waals surface area contributed by atoms with Crippen molar-refractivity contribution in [1.82, 2.24) is 5.32 Å². The summed E-state index contributed by atoms with van der Waals surface area (Å²) in [5, 5.41) is 3.07. The lowest BCUT2D eigenvalue weighted by Gasteiger charge is -2.16. The van der Waals surface area contributed by atoms with Crippen LogP contribution in [0, 0.1) is 0 Å². The van der Waals surface area contributed by atoms with Gasteiger partial charge in [-0.25, -0.2) is 0 Å². The number of amides is 1. The lowest BCUT2D eigenvalue weighted by atomic mass is 9.96. The fourth-order valence-electron chi connectivity index (χ4n) is 3.82. The van der Waals surface area contributed by atoms with Crippen LogP contribution in [0.3, 0.4) is 0 Å². The summed E-state index contributed by atoms with van der Waals surface area (Å²) in [4.78, 5) is 13.1. The number of methoxy groups -OCH3 is 2. The molecule has 3 aromatic rings. The Hall–Kier alpha value is -3.27. The highest BCUT2D eigenvalue weighted by Crippen LogP contribution is 2.44. The zero-order valence-electron chi connectivity index (χ0n) is 15.4. The summed E-state index contributed by atoms with van der Waals surface area (Å²) in [6.07, 6.45) is 0. The molecular formula is C23H21NO3. The Labute approximate surface area is 158 Å². The van der Waals surface area contributed by atoms with Gasteiger partial charge in [0.15, 0.2) is 11.5 Å². The third-order valence-electron chi connectivity index (χ3n) is 5.03. The van der Waals surface area contributed by atoms with Crippen molar-refractivity contribution in [3.63, 3.8) is 0 Å². The van der Waals surface area contributed by atoms with Gasteiger partial charge in [0, 0.05) is 12.1 Å². The number of hydrogen-bond acceptors (Lipinski definition) is 3. The van der Waals surface area contributed by atoms with Crippen LogP contribution in [0.2, 0.25) is 0 Å². The number of fused-ring (bicyclic) bond motifs is 3. The summed E-state index contributed by atoms with van der Waals surface area (Å²) in [6, 6.07) is 21.9. The lowest BCUT2D eigenvalue weighted by Crippen LogP contribution is -2.28. The molecule has 1 N–H and O–H groups in total. The molecule has 0 spiro atoms. The third kappa shape index (κ3) is 2.93. The Morgan fingerprint density at radius 2 is 1.48 bits per heavy atom. The van der Waals surface area contributed by atoms with Gasteiger partial charge in [-0.05, 0) is 28.3 Å². The lowest BCUT2D eigenvalue weighted by molar-refractivity contribution is -0.121. The number of rotatable bonds is 5. The van der Waals surface area contributed by atoms with Gasteiger partial charge in [-0.3, -0.25) is 4.79 Å². The van der Waals surface area contributed by atoms with Crippen LogP contribution < -0.4 is 14.8 Å². The zero-order valence-corrected chi connectivity index (χ0v) is 15.4. The van der Waals surface area contributed by atoms with E-state index in [1.54, 1.807) is 14.2 Å². The Kier molecular flexibility index (Phi) is 4.55. The first kappa shape index (κ1) is 17.2. The fourth-order valence-corrected chi connectivity index (χ4v) is 3.82. The summed E-state index contributed by atoms with van der Waals surface area (Å²) >= 11 is 0. The molecule has 1 amide bonds. The summed E-state index contributed by atoms with van der Waals surface area (Å²) in [6.45, 7) is 0.375. The van der Waals surface area contributed by atoms with Gasteiger partial charge in [-0.1, -0.05) is 60.7 Å². The second kappa shape index (κ2) is 7.16. The normalized spacial score (nSPS) is 12.2. The number of carbonyl (C=O) groups is 1. The molecule has 4 rings (SSSR count). The number of ether oxygens (including phenoxy) is 2. The van der Waals surface area contributed by atoms with E-state index in [0.717, 1.165) is 27.8 Å². The average molecular weight is 359 g/mol. The molecule has 1 aliphatic rings. The van der Waals surface area contributed by atoms with Crippen LogP contribution in [0.4, 0.5) is 0 Å². The molecule has 0 fully saturated rings. The average Bonchev–Trinajstić information content (AvgIpc) is 3.06.